The van der Waals surface area contributed by atoms with Gasteiger partial charge in [-0.05, 0) is 34.5 Å². The molecule has 0 saturated carbocycles. The van der Waals surface area contributed by atoms with Crippen LogP contribution in [0.2, 0.25) is 0 Å². The van der Waals surface area contributed by atoms with Gasteiger partial charge in [0.2, 0.25) is 15.9 Å². The molecule has 3 rings (SSSR count). The molecule has 140 valence electrons. The molecule has 0 aromatic heterocycles. The van der Waals surface area contributed by atoms with Gasteiger partial charge in [-0.3, -0.25) is 4.79 Å². The largest absolute Gasteiger partial charge is 0.495 e. The van der Waals surface area contributed by atoms with E-state index in [9.17, 15) is 13.2 Å². The number of hydrogen-bond donors (Lipinski definition) is 2. The minimum absolute atomic E-state index is 0.0484. The monoisotopic (exact) mass is 384 g/mol. The Morgan fingerprint density at radius 1 is 1.04 bits per heavy atom. The highest BCUT2D eigenvalue weighted by Crippen LogP contribution is 2.27. The van der Waals surface area contributed by atoms with Gasteiger partial charge in [-0.25, -0.2) is 13.1 Å². The van der Waals surface area contributed by atoms with Gasteiger partial charge < -0.3 is 10.1 Å². The average Bonchev–Trinajstić information content (AvgIpc) is 2.66. The number of sulfonamides is 1. The Bertz CT molecular complexity index is 1090. The Labute approximate surface area is 158 Å². The summed E-state index contributed by atoms with van der Waals surface area (Å²) < 4.78 is 33.2. The van der Waals surface area contributed by atoms with Crippen LogP contribution in [0.4, 0.5) is 5.69 Å². The molecule has 0 atom stereocenters. The molecule has 3 aromatic carbocycles. The van der Waals surface area contributed by atoms with Crippen LogP contribution in [0.3, 0.4) is 0 Å². The van der Waals surface area contributed by atoms with Crippen LogP contribution in [-0.4, -0.2) is 21.4 Å². The normalized spacial score (nSPS) is 11.3. The number of nitrogens with one attached hydrogen (secondary N) is 2. The number of fused-ring (bicyclic) bond motifs is 1. The molecule has 0 unspecified atom stereocenters. The van der Waals surface area contributed by atoms with Crippen LogP contribution >= 0.6 is 0 Å². The van der Waals surface area contributed by atoms with Crippen LogP contribution in [-0.2, 0) is 21.4 Å². The standard InChI is InChI=1S/C20H20N2O4S/c1-14(23)22-19-12-17(10-11-20(19)26-2)27(24,25)21-13-16-8-5-7-15-6-3-4-9-18(15)16/h3-12,21H,13H2,1-2H3,(H,22,23). The molecule has 0 aliphatic carbocycles. The maximum Gasteiger partial charge on any atom is 0.240 e. The Kier molecular flexibility index (Phi) is 5.43. The van der Waals surface area contributed by atoms with E-state index in [4.69, 9.17) is 4.74 Å². The number of ether oxygens (including phenoxy) is 1. The van der Waals surface area contributed by atoms with Gasteiger partial charge in [0.1, 0.15) is 5.75 Å². The van der Waals surface area contributed by atoms with Gasteiger partial charge in [0.05, 0.1) is 17.7 Å². The molecule has 3 aromatic rings. The van der Waals surface area contributed by atoms with Gasteiger partial charge in [0, 0.05) is 13.5 Å². The molecule has 0 bridgehead atoms. The highest BCUT2D eigenvalue weighted by atomic mass is 32.2. The van der Waals surface area contributed by atoms with Gasteiger partial charge in [0.15, 0.2) is 0 Å². The number of methoxy groups -OCH3 is 1. The van der Waals surface area contributed by atoms with Gasteiger partial charge >= 0.3 is 0 Å². The molecular formula is C20H20N2O4S. The highest BCUT2D eigenvalue weighted by Gasteiger charge is 2.17. The van der Waals surface area contributed by atoms with Crippen molar-refractivity contribution in [3.8, 4) is 5.75 Å². The van der Waals surface area contributed by atoms with Crippen LogP contribution < -0.4 is 14.8 Å². The third-order valence-corrected chi connectivity index (χ3v) is 5.52. The maximum atomic E-state index is 12.7. The second-order valence-electron chi connectivity index (χ2n) is 6.01. The molecule has 0 aliphatic heterocycles. The summed E-state index contributed by atoms with van der Waals surface area (Å²) in [6.07, 6.45) is 0. The first-order chi connectivity index (χ1) is 12.9. The van der Waals surface area contributed by atoms with E-state index in [1.807, 2.05) is 42.5 Å². The first-order valence-corrected chi connectivity index (χ1v) is 9.81. The zero-order valence-electron chi connectivity index (χ0n) is 15.0. The summed E-state index contributed by atoms with van der Waals surface area (Å²) in [7, 11) is -2.32. The number of hydrogen-bond acceptors (Lipinski definition) is 4. The van der Waals surface area contributed by atoms with E-state index in [0.717, 1.165) is 16.3 Å². The number of anilines is 1. The minimum Gasteiger partial charge on any atom is -0.495 e. The van der Waals surface area contributed by atoms with Crippen molar-refractivity contribution in [1.82, 2.24) is 4.72 Å². The van der Waals surface area contributed by atoms with Crippen molar-refractivity contribution in [3.63, 3.8) is 0 Å². The van der Waals surface area contributed by atoms with Crippen molar-refractivity contribution < 1.29 is 17.9 Å². The summed E-state index contributed by atoms with van der Waals surface area (Å²) in [6, 6.07) is 17.9. The molecule has 0 aliphatic rings. The quantitative estimate of drug-likeness (QED) is 0.683. The Morgan fingerprint density at radius 3 is 2.52 bits per heavy atom. The van der Waals surface area contributed by atoms with Crippen LogP contribution in [0.5, 0.6) is 5.75 Å². The topological polar surface area (TPSA) is 84.5 Å². The van der Waals surface area contributed by atoms with Crippen LogP contribution in [0, 0.1) is 0 Å². The van der Waals surface area contributed by atoms with Gasteiger partial charge in [-0.1, -0.05) is 42.5 Å². The third-order valence-electron chi connectivity index (χ3n) is 4.12. The smallest absolute Gasteiger partial charge is 0.240 e. The molecule has 2 N–H and O–H groups in total. The molecule has 0 radical (unpaired) electrons. The van der Waals surface area contributed by atoms with Gasteiger partial charge in [-0.15, -0.1) is 0 Å². The fourth-order valence-electron chi connectivity index (χ4n) is 2.84. The Balaban J connectivity index is 1.87. The molecule has 6 nitrogen and oxygen atoms in total. The SMILES string of the molecule is COc1ccc(S(=O)(=O)NCc2cccc3ccccc23)cc1NC(C)=O. The van der Waals surface area contributed by atoms with Gasteiger partial charge in [-0.2, -0.15) is 0 Å². The lowest BCUT2D eigenvalue weighted by Gasteiger charge is -2.13. The van der Waals surface area contributed by atoms with Crippen molar-refractivity contribution in [2.24, 2.45) is 0 Å². The van der Waals surface area contributed by atoms with E-state index >= 15 is 0 Å². The van der Waals surface area contributed by atoms with Crippen molar-refractivity contribution in [1.29, 1.82) is 0 Å². The summed E-state index contributed by atoms with van der Waals surface area (Å²) in [5.41, 5.74) is 1.19. The zero-order chi connectivity index (χ0) is 19.4. The molecule has 27 heavy (non-hydrogen) atoms. The zero-order valence-corrected chi connectivity index (χ0v) is 15.8. The first kappa shape index (κ1) is 18.9. The molecule has 0 spiro atoms. The lowest BCUT2D eigenvalue weighted by Crippen LogP contribution is -2.23. The molecule has 0 fully saturated rings. The van der Waals surface area contributed by atoms with Gasteiger partial charge in [0.25, 0.3) is 0 Å². The lowest BCUT2D eigenvalue weighted by atomic mass is 10.1. The predicted molar refractivity (Wildman–Crippen MR) is 105 cm³/mol. The number of amides is 1. The van der Waals surface area contributed by atoms with Crippen molar-refractivity contribution >= 4 is 32.4 Å². The second-order valence-corrected chi connectivity index (χ2v) is 7.77. The molecule has 1 amide bonds. The number of carbonyl (C=O) groups excluding carboxylic acids is 1. The number of carbonyl (C=O) groups is 1. The predicted octanol–water partition coefficient (Wildman–Crippen LogP) is 3.29. The average molecular weight is 384 g/mol. The molecular weight excluding hydrogens is 364 g/mol. The lowest BCUT2D eigenvalue weighted by molar-refractivity contribution is -0.114. The first-order valence-electron chi connectivity index (χ1n) is 8.32. The summed E-state index contributed by atoms with van der Waals surface area (Å²) in [5, 5.41) is 4.62. The Hall–Kier alpha value is -2.90. The van der Waals surface area contributed by atoms with Crippen LogP contribution in [0.1, 0.15) is 12.5 Å². The molecule has 7 heteroatoms. The van der Waals surface area contributed by atoms with E-state index in [1.165, 1.54) is 32.2 Å². The summed E-state index contributed by atoms with van der Waals surface area (Å²) in [5.74, 6) is 0.0739. The molecule has 0 heterocycles. The fraction of sp³-hybridized carbons (Fsp3) is 0.150. The third kappa shape index (κ3) is 4.27. The van der Waals surface area contributed by atoms with Crippen molar-refractivity contribution in [2.45, 2.75) is 18.4 Å². The molecule has 0 saturated heterocycles. The summed E-state index contributed by atoms with van der Waals surface area (Å²) >= 11 is 0. The summed E-state index contributed by atoms with van der Waals surface area (Å²) in [4.78, 5) is 11.4. The van der Waals surface area contributed by atoms with Crippen LogP contribution in [0.25, 0.3) is 10.8 Å². The van der Waals surface area contributed by atoms with Crippen LogP contribution in [0.15, 0.2) is 65.6 Å². The highest BCUT2D eigenvalue weighted by molar-refractivity contribution is 7.89. The maximum absolute atomic E-state index is 12.7. The van der Waals surface area contributed by atoms with Crippen molar-refractivity contribution in [3.05, 3.63) is 66.2 Å². The van der Waals surface area contributed by atoms with E-state index < -0.39 is 10.0 Å². The van der Waals surface area contributed by atoms with Crippen molar-refractivity contribution in [2.75, 3.05) is 12.4 Å². The minimum atomic E-state index is -3.77. The van der Waals surface area contributed by atoms with E-state index in [-0.39, 0.29) is 17.3 Å². The van der Waals surface area contributed by atoms with E-state index in [1.54, 1.807) is 0 Å². The fourth-order valence-corrected chi connectivity index (χ4v) is 3.88. The Morgan fingerprint density at radius 2 is 1.78 bits per heavy atom. The second kappa shape index (κ2) is 7.77. The van der Waals surface area contributed by atoms with E-state index in [2.05, 4.69) is 10.0 Å². The number of benzene rings is 3. The number of rotatable bonds is 6. The van der Waals surface area contributed by atoms with E-state index in [0.29, 0.717) is 11.4 Å². The summed E-state index contributed by atoms with van der Waals surface area (Å²) in [6.45, 7) is 1.50.